The van der Waals surface area contributed by atoms with Crippen molar-refractivity contribution in [2.75, 3.05) is 0 Å². The van der Waals surface area contributed by atoms with E-state index >= 15 is 0 Å². The molecule has 0 spiro atoms. The molecule has 0 radical (unpaired) electrons. The first kappa shape index (κ1) is 13.2. The third-order valence-corrected chi connectivity index (χ3v) is 3.90. The van der Waals surface area contributed by atoms with Gasteiger partial charge in [-0.05, 0) is 38.5 Å². The van der Waals surface area contributed by atoms with Gasteiger partial charge in [-0.1, -0.05) is 15.9 Å². The highest BCUT2D eigenvalue weighted by Crippen LogP contribution is 2.41. The van der Waals surface area contributed by atoms with Crippen LogP contribution < -0.4 is 10.1 Å². The van der Waals surface area contributed by atoms with Crippen LogP contribution in [0.5, 0.6) is 5.75 Å². The minimum absolute atomic E-state index is 0.229. The van der Waals surface area contributed by atoms with E-state index in [1.54, 1.807) is 0 Å². The molecule has 1 aliphatic heterocycles. The van der Waals surface area contributed by atoms with Crippen LogP contribution >= 0.6 is 15.9 Å². The Morgan fingerprint density at radius 3 is 2.83 bits per heavy atom. The predicted octanol–water partition coefficient (Wildman–Crippen LogP) is 3.63. The molecule has 98 valence electrons. The minimum Gasteiger partial charge on any atom is -0.487 e. The number of aryl methyl sites for hydroxylation is 1. The van der Waals surface area contributed by atoms with Crippen molar-refractivity contribution in [3.8, 4) is 5.75 Å². The summed E-state index contributed by atoms with van der Waals surface area (Å²) in [6.45, 7) is 5.89. The molecule has 1 aromatic carbocycles. The molecule has 0 fully saturated rings. The Balaban J connectivity index is 2.46. The second-order valence-electron chi connectivity index (χ2n) is 5.21. The number of benzene rings is 1. The van der Waals surface area contributed by atoms with Crippen molar-refractivity contribution >= 4 is 22.0 Å². The topological polar surface area (TPSA) is 58.6 Å². The van der Waals surface area contributed by atoms with Crippen LogP contribution in [0.4, 0.5) is 4.79 Å². The van der Waals surface area contributed by atoms with Crippen LogP contribution in [0.25, 0.3) is 0 Å². The van der Waals surface area contributed by atoms with E-state index in [0.717, 1.165) is 21.3 Å². The fourth-order valence-electron chi connectivity index (χ4n) is 2.26. The number of carboxylic acid groups (broad SMARTS) is 1. The summed E-state index contributed by atoms with van der Waals surface area (Å²) in [6.07, 6.45) is -0.392. The Morgan fingerprint density at radius 1 is 1.56 bits per heavy atom. The first-order chi connectivity index (χ1) is 8.28. The van der Waals surface area contributed by atoms with Gasteiger partial charge >= 0.3 is 6.09 Å². The molecule has 0 bridgehead atoms. The third kappa shape index (κ3) is 2.61. The zero-order valence-corrected chi connectivity index (χ0v) is 12.2. The Kier molecular flexibility index (Phi) is 3.27. The zero-order chi connectivity index (χ0) is 13.5. The summed E-state index contributed by atoms with van der Waals surface area (Å²) in [5.41, 5.74) is 1.58. The number of hydrogen-bond donors (Lipinski definition) is 2. The average molecular weight is 314 g/mol. The van der Waals surface area contributed by atoms with Gasteiger partial charge in [0.05, 0.1) is 6.04 Å². The van der Waals surface area contributed by atoms with Gasteiger partial charge in [-0.3, -0.25) is 0 Å². The molecule has 1 amide bonds. The molecule has 0 aromatic heterocycles. The van der Waals surface area contributed by atoms with E-state index in [2.05, 4.69) is 21.2 Å². The van der Waals surface area contributed by atoms with Crippen molar-refractivity contribution in [1.82, 2.24) is 5.32 Å². The van der Waals surface area contributed by atoms with Crippen molar-refractivity contribution in [2.24, 2.45) is 0 Å². The number of nitrogens with one attached hydrogen (secondary N) is 1. The smallest absolute Gasteiger partial charge is 0.405 e. The Hall–Kier alpha value is -1.23. The molecule has 1 atom stereocenters. The lowest BCUT2D eigenvalue weighted by Crippen LogP contribution is -2.41. The second-order valence-corrected chi connectivity index (χ2v) is 6.06. The molecule has 0 saturated carbocycles. The maximum Gasteiger partial charge on any atom is 0.405 e. The number of halogens is 1. The summed E-state index contributed by atoms with van der Waals surface area (Å²) in [7, 11) is 0. The van der Waals surface area contributed by atoms with Crippen LogP contribution in [-0.2, 0) is 0 Å². The van der Waals surface area contributed by atoms with Gasteiger partial charge in [0.25, 0.3) is 0 Å². The summed E-state index contributed by atoms with van der Waals surface area (Å²) in [4.78, 5) is 10.9. The van der Waals surface area contributed by atoms with Gasteiger partial charge in [0.2, 0.25) is 0 Å². The highest BCUT2D eigenvalue weighted by Gasteiger charge is 2.34. The predicted molar refractivity (Wildman–Crippen MR) is 72.1 cm³/mol. The fourth-order valence-corrected chi connectivity index (χ4v) is 2.59. The Bertz CT molecular complexity index is 499. The molecule has 0 saturated heterocycles. The van der Waals surface area contributed by atoms with Gasteiger partial charge in [-0.2, -0.15) is 0 Å². The fraction of sp³-hybridized carbons (Fsp3) is 0.462. The minimum atomic E-state index is -1.01. The molecule has 0 aliphatic carbocycles. The number of rotatable bonds is 1. The van der Waals surface area contributed by atoms with E-state index in [9.17, 15) is 4.79 Å². The van der Waals surface area contributed by atoms with E-state index in [4.69, 9.17) is 9.84 Å². The lowest BCUT2D eigenvalue weighted by atomic mass is 9.89. The van der Waals surface area contributed by atoms with Crippen LogP contribution in [0.3, 0.4) is 0 Å². The first-order valence-electron chi connectivity index (χ1n) is 5.77. The van der Waals surface area contributed by atoms with Gasteiger partial charge in [0, 0.05) is 16.5 Å². The van der Waals surface area contributed by atoms with E-state index in [1.807, 2.05) is 32.9 Å². The lowest BCUT2D eigenvalue weighted by Gasteiger charge is -2.37. The number of hydrogen-bond acceptors (Lipinski definition) is 2. The molecule has 5 heteroatoms. The summed E-state index contributed by atoms with van der Waals surface area (Å²) in [5, 5.41) is 11.5. The quantitative estimate of drug-likeness (QED) is 0.832. The molecule has 1 heterocycles. The zero-order valence-electron chi connectivity index (χ0n) is 10.6. The second kappa shape index (κ2) is 4.46. The highest BCUT2D eigenvalue weighted by atomic mass is 79.9. The molecule has 2 rings (SSSR count). The average Bonchev–Trinajstić information content (AvgIpc) is 2.19. The van der Waals surface area contributed by atoms with Crippen LogP contribution in [0.1, 0.15) is 37.4 Å². The van der Waals surface area contributed by atoms with Crippen LogP contribution in [0, 0.1) is 6.92 Å². The molecular formula is C13H16BrNO3. The van der Waals surface area contributed by atoms with Crippen LogP contribution in [0.15, 0.2) is 16.6 Å². The normalized spacial score (nSPS) is 20.8. The third-order valence-electron chi connectivity index (χ3n) is 3.05. The molecule has 4 nitrogen and oxygen atoms in total. The maximum absolute atomic E-state index is 10.9. The molecule has 1 aliphatic rings. The number of ether oxygens (including phenoxy) is 1. The van der Waals surface area contributed by atoms with Gasteiger partial charge in [-0.25, -0.2) is 4.79 Å². The SMILES string of the molecule is Cc1cc2c(cc1Br)OC(C)(C)CC2NC(=O)O. The lowest BCUT2D eigenvalue weighted by molar-refractivity contribution is 0.0658. The summed E-state index contributed by atoms with van der Waals surface area (Å²) in [6, 6.07) is 3.64. The van der Waals surface area contributed by atoms with E-state index < -0.39 is 6.09 Å². The largest absolute Gasteiger partial charge is 0.487 e. The number of carbonyl (C=O) groups is 1. The van der Waals surface area contributed by atoms with Crippen molar-refractivity contribution in [3.63, 3.8) is 0 Å². The van der Waals surface area contributed by atoms with Gasteiger partial charge in [0.15, 0.2) is 0 Å². The molecule has 1 unspecified atom stereocenters. The van der Waals surface area contributed by atoms with E-state index in [-0.39, 0.29) is 11.6 Å². The molecule has 18 heavy (non-hydrogen) atoms. The van der Waals surface area contributed by atoms with Crippen molar-refractivity contribution in [3.05, 3.63) is 27.7 Å². The maximum atomic E-state index is 10.9. The van der Waals surface area contributed by atoms with Crippen molar-refractivity contribution < 1.29 is 14.6 Å². The summed E-state index contributed by atoms with van der Waals surface area (Å²) < 4.78 is 6.87. The first-order valence-corrected chi connectivity index (χ1v) is 6.56. The van der Waals surface area contributed by atoms with Crippen LogP contribution in [0.2, 0.25) is 0 Å². The van der Waals surface area contributed by atoms with Crippen molar-refractivity contribution in [2.45, 2.75) is 38.8 Å². The molecule has 1 aromatic rings. The molecular weight excluding hydrogens is 298 g/mol. The summed E-state index contributed by atoms with van der Waals surface area (Å²) >= 11 is 3.47. The monoisotopic (exact) mass is 313 g/mol. The molecule has 2 N–H and O–H groups in total. The van der Waals surface area contributed by atoms with Gasteiger partial charge in [0.1, 0.15) is 11.4 Å². The number of fused-ring (bicyclic) bond motifs is 1. The van der Waals surface area contributed by atoms with Crippen LogP contribution in [-0.4, -0.2) is 16.8 Å². The summed E-state index contributed by atoms with van der Waals surface area (Å²) in [5.74, 6) is 0.738. The highest BCUT2D eigenvalue weighted by molar-refractivity contribution is 9.10. The van der Waals surface area contributed by atoms with Gasteiger partial charge < -0.3 is 15.2 Å². The van der Waals surface area contributed by atoms with E-state index in [1.165, 1.54) is 0 Å². The van der Waals surface area contributed by atoms with Gasteiger partial charge in [-0.15, -0.1) is 0 Å². The van der Waals surface area contributed by atoms with Crippen molar-refractivity contribution in [1.29, 1.82) is 0 Å². The Labute approximate surface area is 114 Å². The van der Waals surface area contributed by atoms with E-state index in [0.29, 0.717) is 6.42 Å². The Morgan fingerprint density at radius 2 is 2.22 bits per heavy atom. The number of amides is 1. The standard InChI is InChI=1S/C13H16BrNO3/c1-7-4-8-10(15-12(16)17)6-13(2,3)18-11(8)5-9(7)14/h4-5,10,15H,6H2,1-3H3,(H,16,17).